The van der Waals surface area contributed by atoms with Gasteiger partial charge in [0.25, 0.3) is 0 Å². The highest BCUT2D eigenvalue weighted by Gasteiger charge is 2.35. The number of halogens is 4. The Kier molecular flexibility index (Phi) is 7.26. The molecule has 1 aromatic carbocycles. The van der Waals surface area contributed by atoms with E-state index >= 15 is 0 Å². The van der Waals surface area contributed by atoms with Crippen molar-refractivity contribution in [3.8, 4) is 6.07 Å². The number of nitrogens with zero attached hydrogens (tertiary/aromatic N) is 1. The van der Waals surface area contributed by atoms with E-state index in [0.29, 0.717) is 6.07 Å². The first-order valence-corrected chi connectivity index (χ1v) is 9.01. The zero-order valence-corrected chi connectivity index (χ0v) is 14.8. The fourth-order valence-corrected chi connectivity index (χ4v) is 4.34. The molecule has 0 amide bonds. The van der Waals surface area contributed by atoms with E-state index in [0.717, 1.165) is 37.8 Å². The molecule has 2 rings (SSSR count). The van der Waals surface area contributed by atoms with Gasteiger partial charge >= 0.3 is 6.18 Å². The third-order valence-electron chi connectivity index (χ3n) is 4.26. The highest BCUT2D eigenvalue weighted by Crippen LogP contribution is 2.33. The minimum Gasteiger partial charge on any atom is -0.329 e. The molecule has 3 N–H and O–H groups in total. The standard InChI is InChI=1S/C15H18F3N3O2S.ClH/c16-15(17,18)13-6-5-12(7-11(13)8-19)24(22,23)21-14(9-20)10-3-1-2-4-10;/h5-7,10,14,21H,1-4,9,20H2;1H. The van der Waals surface area contributed by atoms with Gasteiger partial charge in [0.15, 0.2) is 0 Å². The Hall–Kier alpha value is -1.34. The number of hydrogen-bond donors (Lipinski definition) is 2. The highest BCUT2D eigenvalue weighted by atomic mass is 35.5. The Balaban J connectivity index is 0.00000312. The van der Waals surface area contributed by atoms with Gasteiger partial charge in [-0.25, -0.2) is 13.1 Å². The molecular weight excluding hydrogens is 379 g/mol. The number of rotatable bonds is 5. The van der Waals surface area contributed by atoms with Crippen LogP contribution in [0.5, 0.6) is 0 Å². The molecule has 10 heteroatoms. The van der Waals surface area contributed by atoms with Crippen LogP contribution in [0.25, 0.3) is 0 Å². The van der Waals surface area contributed by atoms with Crippen molar-refractivity contribution in [2.24, 2.45) is 11.7 Å². The van der Waals surface area contributed by atoms with E-state index in [-0.39, 0.29) is 29.8 Å². The van der Waals surface area contributed by atoms with Gasteiger partial charge < -0.3 is 5.73 Å². The second-order valence-electron chi connectivity index (χ2n) is 5.82. The van der Waals surface area contributed by atoms with E-state index < -0.39 is 33.4 Å². The van der Waals surface area contributed by atoms with E-state index in [4.69, 9.17) is 11.0 Å². The number of hydrogen-bond acceptors (Lipinski definition) is 4. The number of sulfonamides is 1. The minimum atomic E-state index is -4.72. The lowest BCUT2D eigenvalue weighted by Crippen LogP contribution is -2.44. The first-order valence-electron chi connectivity index (χ1n) is 7.53. The molecule has 1 aliphatic carbocycles. The molecule has 1 fully saturated rings. The molecular formula is C15H19ClF3N3O2S. The topological polar surface area (TPSA) is 96.0 Å². The van der Waals surface area contributed by atoms with Crippen molar-refractivity contribution >= 4 is 22.4 Å². The van der Waals surface area contributed by atoms with Gasteiger partial charge in [-0.2, -0.15) is 18.4 Å². The average molecular weight is 398 g/mol. The fraction of sp³-hybridized carbons (Fsp3) is 0.533. The maximum atomic E-state index is 12.8. The van der Waals surface area contributed by atoms with E-state index in [2.05, 4.69) is 4.72 Å². The van der Waals surface area contributed by atoms with Gasteiger partial charge in [-0.05, 0) is 37.0 Å². The van der Waals surface area contributed by atoms with E-state index in [1.165, 1.54) is 6.07 Å². The van der Waals surface area contributed by atoms with E-state index in [1.807, 2.05) is 0 Å². The monoisotopic (exact) mass is 397 g/mol. The van der Waals surface area contributed by atoms with Gasteiger partial charge in [0.05, 0.1) is 22.1 Å². The van der Waals surface area contributed by atoms with Crippen molar-refractivity contribution in [3.63, 3.8) is 0 Å². The molecule has 0 aliphatic heterocycles. The summed E-state index contributed by atoms with van der Waals surface area (Å²) >= 11 is 0. The molecule has 0 bridgehead atoms. The van der Waals surface area contributed by atoms with Crippen LogP contribution in [0.1, 0.15) is 36.8 Å². The Labute approximate surface area is 150 Å². The van der Waals surface area contributed by atoms with Crippen LogP contribution < -0.4 is 10.5 Å². The maximum absolute atomic E-state index is 12.8. The molecule has 0 aromatic heterocycles. The van der Waals surface area contributed by atoms with Gasteiger partial charge in [0.2, 0.25) is 10.0 Å². The summed E-state index contributed by atoms with van der Waals surface area (Å²) in [5.74, 6) is 0.120. The molecule has 0 heterocycles. The molecule has 1 atom stereocenters. The van der Waals surface area contributed by atoms with Crippen molar-refractivity contribution in [2.75, 3.05) is 6.54 Å². The Bertz CT molecular complexity index is 741. The summed E-state index contributed by atoms with van der Waals surface area (Å²) in [6.45, 7) is 0.107. The Morgan fingerprint density at radius 2 is 1.92 bits per heavy atom. The van der Waals surface area contributed by atoms with Crippen molar-refractivity contribution in [3.05, 3.63) is 29.3 Å². The van der Waals surface area contributed by atoms with Crippen molar-refractivity contribution in [1.29, 1.82) is 5.26 Å². The van der Waals surface area contributed by atoms with Gasteiger partial charge in [0.1, 0.15) is 0 Å². The molecule has 1 aliphatic rings. The number of alkyl halides is 3. The van der Waals surface area contributed by atoms with Gasteiger partial charge in [-0.1, -0.05) is 12.8 Å². The van der Waals surface area contributed by atoms with Crippen LogP contribution in [-0.4, -0.2) is 21.0 Å². The first-order chi connectivity index (χ1) is 11.2. The van der Waals surface area contributed by atoms with Crippen LogP contribution in [-0.2, 0) is 16.2 Å². The largest absolute Gasteiger partial charge is 0.417 e. The van der Waals surface area contributed by atoms with E-state index in [9.17, 15) is 21.6 Å². The van der Waals surface area contributed by atoms with Gasteiger partial charge in [-0.3, -0.25) is 0 Å². The molecule has 1 unspecified atom stereocenters. The fourth-order valence-electron chi connectivity index (χ4n) is 2.99. The lowest BCUT2D eigenvalue weighted by molar-refractivity contribution is -0.137. The predicted octanol–water partition coefficient (Wildman–Crippen LogP) is 2.79. The van der Waals surface area contributed by atoms with Crippen molar-refractivity contribution in [1.82, 2.24) is 4.72 Å². The summed E-state index contributed by atoms with van der Waals surface area (Å²) < 4.78 is 65.7. The summed E-state index contributed by atoms with van der Waals surface area (Å²) in [5.41, 5.74) is 3.76. The zero-order chi connectivity index (χ0) is 18.0. The van der Waals surface area contributed by atoms with Crippen molar-refractivity contribution < 1.29 is 21.6 Å². The lowest BCUT2D eigenvalue weighted by Gasteiger charge is -2.23. The molecule has 0 spiro atoms. The number of nitriles is 1. The minimum absolute atomic E-state index is 0. The summed E-state index contributed by atoms with van der Waals surface area (Å²) in [7, 11) is -4.05. The average Bonchev–Trinajstić information content (AvgIpc) is 3.05. The normalized spacial score (nSPS) is 16.9. The SMILES string of the molecule is Cl.N#Cc1cc(S(=O)(=O)NC(CN)C2CCCC2)ccc1C(F)(F)F. The van der Waals surface area contributed by atoms with Crippen LogP contribution in [0.3, 0.4) is 0 Å². The second-order valence-corrected chi connectivity index (χ2v) is 7.54. The lowest BCUT2D eigenvalue weighted by atomic mass is 9.99. The van der Waals surface area contributed by atoms with Crippen LogP contribution in [0.2, 0.25) is 0 Å². The van der Waals surface area contributed by atoms with Crippen LogP contribution in [0.4, 0.5) is 13.2 Å². The smallest absolute Gasteiger partial charge is 0.329 e. The van der Waals surface area contributed by atoms with E-state index in [1.54, 1.807) is 0 Å². The Morgan fingerprint density at radius 3 is 2.40 bits per heavy atom. The number of benzene rings is 1. The number of nitrogens with one attached hydrogen (secondary N) is 1. The highest BCUT2D eigenvalue weighted by molar-refractivity contribution is 7.89. The molecule has 140 valence electrons. The molecule has 1 saturated carbocycles. The third-order valence-corrected chi connectivity index (χ3v) is 5.74. The number of nitrogens with two attached hydrogens (primary N) is 1. The van der Waals surface area contributed by atoms with Crippen LogP contribution in [0, 0.1) is 17.2 Å². The summed E-state index contributed by atoms with van der Waals surface area (Å²) in [4.78, 5) is -0.372. The quantitative estimate of drug-likeness (QED) is 0.798. The summed E-state index contributed by atoms with van der Waals surface area (Å²) in [6.07, 6.45) is -0.990. The third kappa shape index (κ3) is 5.07. The van der Waals surface area contributed by atoms with Gasteiger partial charge in [-0.15, -0.1) is 12.4 Å². The summed E-state index contributed by atoms with van der Waals surface area (Å²) in [5, 5.41) is 8.89. The molecule has 5 nitrogen and oxygen atoms in total. The molecule has 0 saturated heterocycles. The molecule has 0 radical (unpaired) electrons. The first kappa shape index (κ1) is 21.7. The Morgan fingerprint density at radius 1 is 1.32 bits per heavy atom. The van der Waals surface area contributed by atoms with Crippen LogP contribution in [0.15, 0.2) is 23.1 Å². The van der Waals surface area contributed by atoms with Gasteiger partial charge in [0, 0.05) is 12.6 Å². The summed E-state index contributed by atoms with van der Waals surface area (Å²) in [6, 6.07) is 3.14. The van der Waals surface area contributed by atoms with Crippen LogP contribution >= 0.6 is 12.4 Å². The maximum Gasteiger partial charge on any atom is 0.417 e. The zero-order valence-electron chi connectivity index (χ0n) is 13.2. The molecule has 1 aromatic rings. The van der Waals surface area contributed by atoms with Crippen molar-refractivity contribution in [2.45, 2.75) is 42.8 Å². The molecule has 25 heavy (non-hydrogen) atoms. The predicted molar refractivity (Wildman–Crippen MR) is 88.5 cm³/mol. The second kappa shape index (κ2) is 8.36.